The van der Waals surface area contributed by atoms with Gasteiger partial charge < -0.3 is 33.6 Å². The Hall–Kier alpha value is -5.26. The normalized spacial score (nSPS) is 15.9. The van der Waals surface area contributed by atoms with Crippen LogP contribution in [0.3, 0.4) is 0 Å². The highest BCUT2D eigenvalue weighted by Crippen LogP contribution is 2.37. The van der Waals surface area contributed by atoms with Gasteiger partial charge in [-0.25, -0.2) is 19.2 Å². The van der Waals surface area contributed by atoms with E-state index in [9.17, 15) is 24.0 Å². The van der Waals surface area contributed by atoms with E-state index in [1.165, 1.54) is 12.1 Å². The maximum Gasteiger partial charge on any atom is 0.410 e. The van der Waals surface area contributed by atoms with E-state index in [0.29, 0.717) is 37.0 Å². The van der Waals surface area contributed by atoms with Gasteiger partial charge in [-0.1, -0.05) is 45.0 Å². The summed E-state index contributed by atoms with van der Waals surface area (Å²) in [5.41, 5.74) is -0.0305. The standard InChI is InChI=1S/C47H67N5O11Si/c1-44(2,3)59-41(55)38(62-52-39(53)36-17-15-16-18-37(36)40(52)54)30-58-34-21-19-32(20-22-34)33-27-50(26-31-24-49(25-31)43(57)61-46(7,8)9)51(28-33)29-35(63-64(13,14)47(10,11)12)23-48-42(56)60-45(4,5)6/h15-22,27-28,31,35,38H,23-26,29-30H2,1-14H3/p+1. The Morgan fingerprint density at radius 1 is 0.781 bits per heavy atom. The molecule has 2 aromatic carbocycles. The van der Waals surface area contributed by atoms with Crippen LogP contribution in [0.25, 0.3) is 11.1 Å². The zero-order valence-electron chi connectivity index (χ0n) is 40.0. The number of alkyl carbamates (subject to hydrolysis) is 1. The molecule has 16 nitrogen and oxygen atoms in total. The van der Waals surface area contributed by atoms with E-state index in [1.54, 1.807) is 49.9 Å². The molecule has 5 rings (SSSR count). The number of esters is 1. The Balaban J connectivity index is 1.37. The van der Waals surface area contributed by atoms with E-state index in [2.05, 4.69) is 48.5 Å². The van der Waals surface area contributed by atoms with Crippen molar-refractivity contribution in [1.82, 2.24) is 20.0 Å². The summed E-state index contributed by atoms with van der Waals surface area (Å²) >= 11 is 0. The summed E-state index contributed by atoms with van der Waals surface area (Å²) in [6.07, 6.45) is 1.36. The minimum absolute atomic E-state index is 0.0935. The lowest BCUT2D eigenvalue weighted by Gasteiger charge is -2.39. The van der Waals surface area contributed by atoms with Crippen molar-refractivity contribution >= 4 is 38.3 Å². The van der Waals surface area contributed by atoms with Crippen LogP contribution >= 0.6 is 0 Å². The summed E-state index contributed by atoms with van der Waals surface area (Å²) in [7, 11) is -2.32. The number of rotatable bonds is 15. The highest BCUT2D eigenvalue weighted by atomic mass is 28.4. The van der Waals surface area contributed by atoms with Gasteiger partial charge in [0.15, 0.2) is 14.9 Å². The van der Waals surface area contributed by atoms with E-state index in [-0.39, 0.29) is 41.3 Å². The SMILES string of the molecule is CC(C)(C)OC(=O)NCC(Cn1cc(-c2ccc(OCC(ON3C(=O)c4ccccc4C3=O)C(=O)OC(C)(C)C)cc2)c[n+]1CC1CN(C(=O)OC(C)(C)C)C1)O[Si](C)(C)C(C)(C)C. The van der Waals surface area contributed by atoms with Gasteiger partial charge in [0.05, 0.1) is 34.9 Å². The van der Waals surface area contributed by atoms with Crippen molar-refractivity contribution in [2.24, 2.45) is 5.92 Å². The van der Waals surface area contributed by atoms with Crippen LogP contribution in [0, 0.1) is 5.92 Å². The number of likely N-dealkylation sites (tertiary alicyclic amines) is 1. The van der Waals surface area contributed by atoms with Crippen LogP contribution in [0.15, 0.2) is 60.9 Å². The zero-order valence-corrected chi connectivity index (χ0v) is 41.0. The van der Waals surface area contributed by atoms with Crippen molar-refractivity contribution in [3.8, 4) is 16.9 Å². The van der Waals surface area contributed by atoms with E-state index >= 15 is 0 Å². The third-order valence-electron chi connectivity index (χ3n) is 10.7. The molecular weight excluding hydrogens is 839 g/mol. The number of fused-ring (bicyclic) bond motifs is 1. The van der Waals surface area contributed by atoms with Crippen LogP contribution in [0.4, 0.5) is 9.59 Å². The second kappa shape index (κ2) is 19.1. The summed E-state index contributed by atoms with van der Waals surface area (Å²) in [5.74, 6) is -1.60. The van der Waals surface area contributed by atoms with Gasteiger partial charge >= 0.3 is 18.2 Å². The molecule has 1 aromatic heterocycles. The topological polar surface area (TPSA) is 168 Å². The maximum absolute atomic E-state index is 13.3. The van der Waals surface area contributed by atoms with Gasteiger partial charge in [0.2, 0.25) is 12.3 Å². The van der Waals surface area contributed by atoms with E-state index in [1.807, 2.05) is 66.1 Å². The third-order valence-corrected chi connectivity index (χ3v) is 15.3. The molecule has 0 aliphatic carbocycles. The fraction of sp³-hybridized carbons (Fsp3) is 0.574. The molecule has 0 saturated carbocycles. The Kier molecular flexibility index (Phi) is 14.8. The highest BCUT2D eigenvalue weighted by molar-refractivity contribution is 6.74. The van der Waals surface area contributed by atoms with E-state index in [0.717, 1.165) is 11.1 Å². The fourth-order valence-electron chi connectivity index (χ4n) is 6.66. The number of carbonyl (C=O) groups is 5. The van der Waals surface area contributed by atoms with Crippen LogP contribution in [0.5, 0.6) is 5.75 Å². The number of imide groups is 1. The number of hydrogen-bond acceptors (Lipinski definition) is 11. The predicted molar refractivity (Wildman–Crippen MR) is 241 cm³/mol. The number of amides is 4. The van der Waals surface area contributed by atoms with Crippen LogP contribution in [0.1, 0.15) is 104 Å². The molecule has 17 heteroatoms. The van der Waals surface area contributed by atoms with Gasteiger partial charge in [0, 0.05) is 19.6 Å². The molecule has 64 heavy (non-hydrogen) atoms. The molecule has 0 radical (unpaired) electrons. The number of hydroxylamine groups is 2. The molecule has 1 saturated heterocycles. The lowest BCUT2D eigenvalue weighted by Crippen LogP contribution is -2.58. The monoisotopic (exact) mass is 906 g/mol. The van der Waals surface area contributed by atoms with Crippen molar-refractivity contribution in [1.29, 1.82) is 0 Å². The lowest BCUT2D eigenvalue weighted by molar-refractivity contribution is -0.782. The van der Waals surface area contributed by atoms with E-state index < -0.39 is 61.2 Å². The first-order valence-electron chi connectivity index (χ1n) is 21.8. The first kappa shape index (κ1) is 49.7. The Bertz CT molecular complexity index is 2140. The second-order valence-corrected chi connectivity index (χ2v) is 25.8. The summed E-state index contributed by atoms with van der Waals surface area (Å²) in [5, 5.41) is 3.42. The first-order chi connectivity index (χ1) is 29.5. The summed E-state index contributed by atoms with van der Waals surface area (Å²) < 4.78 is 33.9. The molecule has 2 aliphatic rings. The van der Waals surface area contributed by atoms with Gasteiger partial charge in [-0.05, 0) is 110 Å². The van der Waals surface area contributed by atoms with Crippen molar-refractivity contribution in [3.05, 3.63) is 72.1 Å². The average Bonchev–Trinajstić information content (AvgIpc) is 3.64. The van der Waals surface area contributed by atoms with Gasteiger partial charge in [-0.15, -0.1) is 9.75 Å². The smallest absolute Gasteiger partial charge is 0.410 e. The lowest BCUT2D eigenvalue weighted by atomic mass is 10.0. The van der Waals surface area contributed by atoms with Crippen molar-refractivity contribution < 1.29 is 56.9 Å². The molecule has 0 bridgehead atoms. The second-order valence-electron chi connectivity index (χ2n) is 21.0. The van der Waals surface area contributed by atoms with Crippen LogP contribution in [-0.2, 0) is 41.4 Å². The summed E-state index contributed by atoms with van der Waals surface area (Å²) in [4.78, 5) is 72.6. The minimum atomic E-state index is -2.32. The molecule has 2 aliphatic heterocycles. The Labute approximate surface area is 378 Å². The Morgan fingerprint density at radius 2 is 1.34 bits per heavy atom. The first-order valence-corrected chi connectivity index (χ1v) is 24.7. The molecule has 4 amide bonds. The van der Waals surface area contributed by atoms with Crippen LogP contribution in [-0.4, -0.2) is 108 Å². The molecule has 2 unspecified atom stereocenters. The molecule has 350 valence electrons. The molecule has 2 atom stereocenters. The van der Waals surface area contributed by atoms with Gasteiger partial charge in [-0.3, -0.25) is 9.59 Å². The van der Waals surface area contributed by atoms with E-state index in [4.69, 9.17) is 28.2 Å². The van der Waals surface area contributed by atoms with Gasteiger partial charge in [0.1, 0.15) is 35.7 Å². The molecular formula is C47H68N5O11Si+. The number of nitrogens with one attached hydrogen (secondary N) is 1. The number of carbonyl (C=O) groups excluding carboxylic acids is 5. The number of nitrogens with zero attached hydrogens (tertiary/aromatic N) is 4. The minimum Gasteiger partial charge on any atom is -0.490 e. The molecule has 3 heterocycles. The Morgan fingerprint density at radius 3 is 1.88 bits per heavy atom. The average molecular weight is 907 g/mol. The van der Waals surface area contributed by atoms with Crippen molar-refractivity contribution in [3.63, 3.8) is 0 Å². The van der Waals surface area contributed by atoms with Gasteiger partial charge in [-0.2, -0.15) is 4.68 Å². The molecule has 1 fully saturated rings. The fourth-order valence-corrected chi connectivity index (χ4v) is 8.01. The molecule has 1 N–H and O–H groups in total. The quantitative estimate of drug-likeness (QED) is 0.0526. The molecule has 3 aromatic rings. The number of aromatic nitrogens is 2. The zero-order chi connectivity index (χ0) is 47.6. The number of hydrogen-bond donors (Lipinski definition) is 1. The number of ether oxygens (including phenoxy) is 4. The highest BCUT2D eigenvalue weighted by Gasteiger charge is 2.42. The third kappa shape index (κ3) is 13.4. The molecule has 0 spiro atoms. The number of benzene rings is 2. The van der Waals surface area contributed by atoms with Crippen molar-refractivity contribution in [2.75, 3.05) is 26.2 Å². The maximum atomic E-state index is 13.3. The summed E-state index contributed by atoms with van der Waals surface area (Å²) in [6.45, 7) is 28.9. The van der Waals surface area contributed by atoms with Crippen LogP contribution < -0.4 is 14.7 Å². The predicted octanol–water partition coefficient (Wildman–Crippen LogP) is 7.54. The van der Waals surface area contributed by atoms with Gasteiger partial charge in [0.25, 0.3) is 11.8 Å². The van der Waals surface area contributed by atoms with Crippen LogP contribution in [0.2, 0.25) is 18.1 Å². The summed E-state index contributed by atoms with van der Waals surface area (Å²) in [6, 6.07) is 13.6. The largest absolute Gasteiger partial charge is 0.490 e. The van der Waals surface area contributed by atoms with Crippen molar-refractivity contribution in [2.45, 2.75) is 143 Å².